The van der Waals surface area contributed by atoms with E-state index in [4.69, 9.17) is 0 Å². The lowest BCUT2D eigenvalue weighted by atomic mass is 9.86. The molecule has 1 aliphatic carbocycles. The van der Waals surface area contributed by atoms with Gasteiger partial charge in [0.15, 0.2) is 11.0 Å². The first-order chi connectivity index (χ1) is 13.5. The highest BCUT2D eigenvalue weighted by atomic mass is 32.2. The van der Waals surface area contributed by atoms with Crippen LogP contribution in [-0.2, 0) is 11.3 Å². The summed E-state index contributed by atoms with van der Waals surface area (Å²) in [7, 11) is 0. The lowest BCUT2D eigenvalue weighted by Crippen LogP contribution is -2.41. The number of non-ortho nitro benzene ring substituents is 1. The fourth-order valence-electron chi connectivity index (χ4n) is 3.56. The molecular weight excluding hydrogens is 378 g/mol. The van der Waals surface area contributed by atoms with E-state index in [0.29, 0.717) is 29.0 Å². The molecule has 1 aromatic carbocycles. The van der Waals surface area contributed by atoms with Gasteiger partial charge in [-0.05, 0) is 25.7 Å². The van der Waals surface area contributed by atoms with Crippen LogP contribution >= 0.6 is 11.8 Å². The first-order valence-corrected chi connectivity index (χ1v) is 10.6. The van der Waals surface area contributed by atoms with Crippen LogP contribution in [0.15, 0.2) is 29.4 Å². The van der Waals surface area contributed by atoms with E-state index in [2.05, 4.69) is 22.4 Å². The van der Waals surface area contributed by atoms with Crippen LogP contribution < -0.4 is 5.32 Å². The molecule has 2 atom stereocenters. The van der Waals surface area contributed by atoms with E-state index in [9.17, 15) is 14.9 Å². The lowest BCUT2D eigenvalue weighted by Gasteiger charge is -2.29. The molecule has 1 saturated carbocycles. The maximum atomic E-state index is 12.4. The Labute approximate surface area is 168 Å². The van der Waals surface area contributed by atoms with Crippen molar-refractivity contribution >= 4 is 23.4 Å². The number of benzene rings is 1. The van der Waals surface area contributed by atoms with E-state index in [-0.39, 0.29) is 23.4 Å². The number of carbonyl (C=O) groups is 1. The molecule has 1 N–H and O–H groups in total. The fraction of sp³-hybridized carbons (Fsp3) is 0.526. The number of aromatic nitrogens is 3. The number of amides is 1. The predicted molar refractivity (Wildman–Crippen MR) is 108 cm³/mol. The third-order valence-electron chi connectivity index (χ3n) is 5.14. The molecule has 1 amide bonds. The van der Waals surface area contributed by atoms with Crippen molar-refractivity contribution < 1.29 is 9.72 Å². The Morgan fingerprint density at radius 2 is 2.14 bits per heavy atom. The largest absolute Gasteiger partial charge is 0.352 e. The monoisotopic (exact) mass is 403 g/mol. The highest BCUT2D eigenvalue weighted by molar-refractivity contribution is 7.99. The van der Waals surface area contributed by atoms with Crippen molar-refractivity contribution in [2.24, 2.45) is 5.92 Å². The van der Waals surface area contributed by atoms with E-state index >= 15 is 0 Å². The molecule has 0 aliphatic heterocycles. The van der Waals surface area contributed by atoms with Gasteiger partial charge in [-0.25, -0.2) is 0 Å². The molecule has 8 nitrogen and oxygen atoms in total. The quantitative estimate of drug-likeness (QED) is 0.430. The molecule has 1 aromatic heterocycles. The predicted octanol–water partition coefficient (Wildman–Crippen LogP) is 3.66. The number of rotatable bonds is 7. The Morgan fingerprint density at radius 3 is 2.86 bits per heavy atom. The number of hydrogen-bond donors (Lipinski definition) is 1. The van der Waals surface area contributed by atoms with E-state index < -0.39 is 4.92 Å². The van der Waals surface area contributed by atoms with E-state index in [0.717, 1.165) is 12.8 Å². The molecule has 0 saturated heterocycles. The summed E-state index contributed by atoms with van der Waals surface area (Å²) in [6.07, 6.45) is 4.61. The van der Waals surface area contributed by atoms with Crippen LogP contribution in [0.25, 0.3) is 11.4 Å². The summed E-state index contributed by atoms with van der Waals surface area (Å²) >= 11 is 1.34. The van der Waals surface area contributed by atoms with Crippen molar-refractivity contribution in [2.75, 3.05) is 5.75 Å². The number of nitrogens with one attached hydrogen (secondary N) is 1. The number of thioether (sulfide) groups is 1. The van der Waals surface area contributed by atoms with Crippen molar-refractivity contribution in [1.29, 1.82) is 0 Å². The van der Waals surface area contributed by atoms with Gasteiger partial charge in [0.05, 0.1) is 10.7 Å². The number of hydrogen-bond acceptors (Lipinski definition) is 6. The molecular formula is C19H25N5O3S. The highest BCUT2D eigenvalue weighted by Gasteiger charge is 2.23. The van der Waals surface area contributed by atoms with Gasteiger partial charge in [-0.2, -0.15) is 0 Å². The van der Waals surface area contributed by atoms with Crippen LogP contribution in [0.1, 0.15) is 39.5 Å². The summed E-state index contributed by atoms with van der Waals surface area (Å²) < 4.78 is 1.88. The van der Waals surface area contributed by atoms with Crippen LogP contribution in [-0.4, -0.2) is 37.4 Å². The minimum absolute atomic E-state index is 0.00584. The lowest BCUT2D eigenvalue weighted by molar-refractivity contribution is -0.384. The van der Waals surface area contributed by atoms with Crippen molar-refractivity contribution in [1.82, 2.24) is 20.1 Å². The summed E-state index contributed by atoms with van der Waals surface area (Å²) in [5, 5.41) is 23.2. The summed E-state index contributed by atoms with van der Waals surface area (Å²) in [4.78, 5) is 23.0. The zero-order chi connectivity index (χ0) is 20.1. The first-order valence-electron chi connectivity index (χ1n) is 9.59. The van der Waals surface area contributed by atoms with Gasteiger partial charge in [0.25, 0.3) is 5.69 Å². The third kappa shape index (κ3) is 4.70. The van der Waals surface area contributed by atoms with Crippen LogP contribution in [0, 0.1) is 16.0 Å². The topological polar surface area (TPSA) is 103 Å². The standard InChI is InChI=1S/C19H25N5O3S/c1-3-23-18(14-8-6-9-15(11-14)24(26)27)21-22-19(23)28-12-17(25)20-16-10-5-4-7-13(16)2/h6,8-9,11,13,16H,3-5,7,10,12H2,1-2H3,(H,20,25)/t13-,16+/m1/s1. The molecule has 28 heavy (non-hydrogen) atoms. The van der Waals surface area contributed by atoms with E-state index in [1.165, 1.54) is 36.7 Å². The maximum absolute atomic E-state index is 12.4. The Hall–Kier alpha value is -2.42. The zero-order valence-electron chi connectivity index (χ0n) is 16.1. The molecule has 3 rings (SSSR count). The molecule has 0 spiro atoms. The minimum Gasteiger partial charge on any atom is -0.352 e. The third-order valence-corrected chi connectivity index (χ3v) is 6.11. The van der Waals surface area contributed by atoms with Crippen molar-refractivity contribution in [3.63, 3.8) is 0 Å². The minimum atomic E-state index is -0.428. The fourth-order valence-corrected chi connectivity index (χ4v) is 4.38. The van der Waals surface area contributed by atoms with E-state index in [1.54, 1.807) is 12.1 Å². The summed E-state index contributed by atoms with van der Waals surface area (Å²) in [6, 6.07) is 6.60. The Balaban J connectivity index is 1.67. The van der Waals surface area contributed by atoms with Crippen molar-refractivity contribution in [2.45, 2.75) is 57.3 Å². The maximum Gasteiger partial charge on any atom is 0.270 e. The molecule has 9 heteroatoms. The van der Waals surface area contributed by atoms with Crippen LogP contribution in [0.2, 0.25) is 0 Å². The van der Waals surface area contributed by atoms with Gasteiger partial charge in [0.1, 0.15) is 0 Å². The second-order valence-corrected chi connectivity index (χ2v) is 8.02. The average molecular weight is 404 g/mol. The Bertz CT molecular complexity index is 854. The second-order valence-electron chi connectivity index (χ2n) is 7.08. The molecule has 1 fully saturated rings. The Morgan fingerprint density at radius 1 is 1.36 bits per heavy atom. The zero-order valence-corrected chi connectivity index (χ0v) is 16.9. The summed E-state index contributed by atoms with van der Waals surface area (Å²) in [6.45, 7) is 4.75. The smallest absolute Gasteiger partial charge is 0.270 e. The van der Waals surface area contributed by atoms with Gasteiger partial charge in [0, 0.05) is 30.3 Å². The molecule has 2 aromatic rings. The van der Waals surface area contributed by atoms with Crippen LogP contribution in [0.4, 0.5) is 5.69 Å². The van der Waals surface area contributed by atoms with Gasteiger partial charge >= 0.3 is 0 Å². The molecule has 150 valence electrons. The van der Waals surface area contributed by atoms with Crippen LogP contribution in [0.3, 0.4) is 0 Å². The molecule has 0 radical (unpaired) electrons. The Kier molecular flexibility index (Phi) is 6.66. The number of nitro groups is 1. The number of nitrogens with zero attached hydrogens (tertiary/aromatic N) is 4. The SMILES string of the molecule is CCn1c(SCC(=O)N[C@H]2CCCC[C@H]2C)nnc1-c1cccc([N+](=O)[O-])c1. The molecule has 0 bridgehead atoms. The molecule has 1 heterocycles. The second kappa shape index (κ2) is 9.18. The summed E-state index contributed by atoms with van der Waals surface area (Å²) in [5.41, 5.74) is 0.647. The normalized spacial score (nSPS) is 19.4. The molecule has 0 unspecified atom stereocenters. The van der Waals surface area contributed by atoms with Gasteiger partial charge in [-0.3, -0.25) is 14.9 Å². The number of carbonyl (C=O) groups excluding carboxylic acids is 1. The van der Waals surface area contributed by atoms with Crippen molar-refractivity contribution in [3.05, 3.63) is 34.4 Å². The molecule has 1 aliphatic rings. The first kappa shape index (κ1) is 20.3. The van der Waals surface area contributed by atoms with Crippen molar-refractivity contribution in [3.8, 4) is 11.4 Å². The average Bonchev–Trinajstić information content (AvgIpc) is 3.11. The van der Waals surface area contributed by atoms with Gasteiger partial charge in [-0.15, -0.1) is 10.2 Å². The highest BCUT2D eigenvalue weighted by Crippen LogP contribution is 2.27. The van der Waals surface area contributed by atoms with E-state index in [1.807, 2.05) is 11.5 Å². The van der Waals surface area contributed by atoms with Gasteiger partial charge < -0.3 is 9.88 Å². The van der Waals surface area contributed by atoms with Gasteiger partial charge in [-0.1, -0.05) is 43.7 Å². The summed E-state index contributed by atoms with van der Waals surface area (Å²) in [5.74, 6) is 1.36. The van der Waals surface area contributed by atoms with Gasteiger partial charge in [0.2, 0.25) is 5.91 Å². The number of nitro benzene ring substituents is 1. The van der Waals surface area contributed by atoms with Crippen LogP contribution in [0.5, 0.6) is 0 Å².